The number of thioether (sulfide) groups is 1. The average Bonchev–Trinajstić information content (AvgIpc) is 2.90. The molecule has 0 radical (unpaired) electrons. The van der Waals surface area contributed by atoms with Gasteiger partial charge in [-0.3, -0.25) is 4.79 Å². The van der Waals surface area contributed by atoms with Crippen molar-refractivity contribution in [2.45, 2.75) is 37.9 Å². The minimum Gasteiger partial charge on any atom is -0.368 e. The topological polar surface area (TPSA) is 61.4 Å². The van der Waals surface area contributed by atoms with Crippen molar-refractivity contribution < 1.29 is 18.0 Å². The zero-order chi connectivity index (χ0) is 27.3. The summed E-state index contributed by atoms with van der Waals surface area (Å²) in [4.78, 5) is 25.9. The summed E-state index contributed by atoms with van der Waals surface area (Å²) in [5.74, 6) is 1.74. The Bertz CT molecular complexity index is 1260. The van der Waals surface area contributed by atoms with Gasteiger partial charge in [-0.15, -0.1) is 0 Å². The number of amides is 1. The monoisotopic (exact) mass is 543 g/mol. The summed E-state index contributed by atoms with van der Waals surface area (Å²) in [6.07, 6.45) is -4.36. The second-order valence-corrected chi connectivity index (χ2v) is 10.7. The number of hydrogen-bond donors (Lipinski definition) is 1. The molecule has 1 saturated heterocycles. The maximum atomic E-state index is 13.1. The molecule has 1 fully saturated rings. The number of benzene rings is 2. The number of nitrogens with one attached hydrogen (secondary N) is 1. The van der Waals surface area contributed by atoms with Gasteiger partial charge in [-0.1, -0.05) is 43.8 Å². The number of rotatable bonds is 8. The normalized spacial score (nSPS) is 14.2. The molecule has 10 heteroatoms. The molecule has 1 aliphatic rings. The molecule has 0 spiro atoms. The van der Waals surface area contributed by atoms with Gasteiger partial charge in [-0.25, -0.2) is 9.97 Å². The fourth-order valence-electron chi connectivity index (χ4n) is 4.17. The van der Waals surface area contributed by atoms with Crippen LogP contribution >= 0.6 is 11.8 Å². The molecular formula is C28H32F3N5OS. The van der Waals surface area contributed by atoms with Gasteiger partial charge in [0.25, 0.3) is 5.91 Å². The molecule has 0 aliphatic carbocycles. The second kappa shape index (κ2) is 12.1. The zero-order valence-corrected chi connectivity index (χ0v) is 22.6. The Balaban J connectivity index is 1.37. The van der Waals surface area contributed by atoms with Crippen molar-refractivity contribution in [1.29, 1.82) is 0 Å². The molecule has 1 amide bonds. The fraction of sp³-hybridized carbons (Fsp3) is 0.393. The second-order valence-electron chi connectivity index (χ2n) is 9.77. The van der Waals surface area contributed by atoms with E-state index in [0.29, 0.717) is 60.8 Å². The van der Waals surface area contributed by atoms with Crippen LogP contribution in [0.1, 0.15) is 41.0 Å². The van der Waals surface area contributed by atoms with Crippen LogP contribution in [0.5, 0.6) is 0 Å². The van der Waals surface area contributed by atoms with E-state index in [1.54, 1.807) is 6.07 Å². The van der Waals surface area contributed by atoms with E-state index >= 15 is 0 Å². The Hall–Kier alpha value is -3.27. The van der Waals surface area contributed by atoms with Crippen LogP contribution in [0.3, 0.4) is 0 Å². The molecule has 3 aromatic rings. The summed E-state index contributed by atoms with van der Waals surface area (Å²) >= 11 is 1.51. The largest absolute Gasteiger partial charge is 0.416 e. The highest BCUT2D eigenvalue weighted by atomic mass is 32.2. The van der Waals surface area contributed by atoms with E-state index in [-0.39, 0.29) is 5.91 Å². The Labute approximate surface area is 225 Å². The standard InChI is InChI=1S/C28H32F3N5OS/c1-19(2)17-32-26(37)22-7-4-6-21(15-22)18-38-27-33-20(3)14-25(34-27)36-12-10-35(11-13-36)24-9-5-8-23(16-24)28(29,30)31/h4-9,14-16,19H,10-13,17-18H2,1-3H3,(H,32,37). The Morgan fingerprint density at radius 1 is 1.00 bits per heavy atom. The van der Waals surface area contributed by atoms with Crippen LogP contribution < -0.4 is 15.1 Å². The van der Waals surface area contributed by atoms with Gasteiger partial charge in [0.1, 0.15) is 5.82 Å². The lowest BCUT2D eigenvalue weighted by Crippen LogP contribution is -2.47. The average molecular weight is 544 g/mol. The number of carbonyl (C=O) groups is 1. The molecule has 6 nitrogen and oxygen atoms in total. The van der Waals surface area contributed by atoms with E-state index in [4.69, 9.17) is 4.98 Å². The summed E-state index contributed by atoms with van der Waals surface area (Å²) in [7, 11) is 0. The molecule has 0 bridgehead atoms. The maximum absolute atomic E-state index is 13.1. The lowest BCUT2D eigenvalue weighted by Gasteiger charge is -2.37. The van der Waals surface area contributed by atoms with E-state index in [1.807, 2.05) is 42.2 Å². The number of aryl methyl sites for hydroxylation is 1. The summed E-state index contributed by atoms with van der Waals surface area (Å²) < 4.78 is 39.4. The first-order valence-electron chi connectivity index (χ1n) is 12.6. The number of carbonyl (C=O) groups excluding carboxylic acids is 1. The van der Waals surface area contributed by atoms with Crippen molar-refractivity contribution in [2.75, 3.05) is 42.5 Å². The molecule has 1 aliphatic heterocycles. The van der Waals surface area contributed by atoms with Gasteiger partial charge in [-0.05, 0) is 48.7 Å². The molecule has 1 N–H and O–H groups in total. The third-order valence-corrected chi connectivity index (χ3v) is 7.11. The van der Waals surface area contributed by atoms with E-state index in [9.17, 15) is 18.0 Å². The van der Waals surface area contributed by atoms with Crippen LogP contribution in [0.2, 0.25) is 0 Å². The van der Waals surface area contributed by atoms with Gasteiger partial charge in [0.05, 0.1) is 5.56 Å². The highest BCUT2D eigenvalue weighted by molar-refractivity contribution is 7.98. The predicted octanol–water partition coefficient (Wildman–Crippen LogP) is 5.81. The summed E-state index contributed by atoms with van der Waals surface area (Å²) in [6, 6.07) is 15.0. The number of nitrogens with zero attached hydrogens (tertiary/aromatic N) is 4. The van der Waals surface area contributed by atoms with Crippen LogP contribution in [0.25, 0.3) is 0 Å². The molecule has 38 heavy (non-hydrogen) atoms. The quantitative estimate of drug-likeness (QED) is 0.286. The van der Waals surface area contributed by atoms with E-state index in [2.05, 4.69) is 29.0 Å². The van der Waals surface area contributed by atoms with Crippen LogP contribution in [0, 0.1) is 12.8 Å². The number of anilines is 2. The van der Waals surface area contributed by atoms with Crippen molar-refractivity contribution in [3.8, 4) is 0 Å². The van der Waals surface area contributed by atoms with Crippen LogP contribution in [-0.4, -0.2) is 48.6 Å². The molecule has 2 aromatic carbocycles. The minimum atomic E-state index is -4.36. The number of hydrogen-bond acceptors (Lipinski definition) is 6. The molecule has 4 rings (SSSR count). The summed E-state index contributed by atoms with van der Waals surface area (Å²) in [5.41, 5.74) is 2.43. The minimum absolute atomic E-state index is 0.0797. The first-order valence-corrected chi connectivity index (χ1v) is 13.6. The van der Waals surface area contributed by atoms with E-state index in [0.717, 1.165) is 23.1 Å². The Kier molecular flexibility index (Phi) is 8.81. The van der Waals surface area contributed by atoms with E-state index in [1.165, 1.54) is 23.9 Å². The van der Waals surface area contributed by atoms with Crippen molar-refractivity contribution >= 4 is 29.2 Å². The number of piperazine rings is 1. The van der Waals surface area contributed by atoms with Gasteiger partial charge in [0.15, 0.2) is 5.16 Å². The Morgan fingerprint density at radius 2 is 1.71 bits per heavy atom. The third-order valence-electron chi connectivity index (χ3n) is 6.19. The van der Waals surface area contributed by atoms with Crippen LogP contribution in [-0.2, 0) is 11.9 Å². The summed E-state index contributed by atoms with van der Waals surface area (Å²) in [5, 5.41) is 3.59. The summed E-state index contributed by atoms with van der Waals surface area (Å²) in [6.45, 7) is 9.14. The first kappa shape index (κ1) is 27.8. The highest BCUT2D eigenvalue weighted by Crippen LogP contribution is 2.32. The van der Waals surface area contributed by atoms with Crippen LogP contribution in [0.15, 0.2) is 59.8 Å². The van der Waals surface area contributed by atoms with Gasteiger partial charge >= 0.3 is 6.18 Å². The van der Waals surface area contributed by atoms with Gasteiger partial charge in [0.2, 0.25) is 0 Å². The smallest absolute Gasteiger partial charge is 0.368 e. The van der Waals surface area contributed by atoms with Crippen molar-refractivity contribution in [2.24, 2.45) is 5.92 Å². The van der Waals surface area contributed by atoms with Gasteiger partial charge in [-0.2, -0.15) is 13.2 Å². The predicted molar refractivity (Wildman–Crippen MR) is 146 cm³/mol. The van der Waals surface area contributed by atoms with E-state index < -0.39 is 11.7 Å². The lowest BCUT2D eigenvalue weighted by atomic mass is 10.1. The molecular weight excluding hydrogens is 511 g/mol. The maximum Gasteiger partial charge on any atom is 0.416 e. The number of aromatic nitrogens is 2. The van der Waals surface area contributed by atoms with Crippen molar-refractivity contribution in [3.63, 3.8) is 0 Å². The highest BCUT2D eigenvalue weighted by Gasteiger charge is 2.31. The molecule has 0 saturated carbocycles. The van der Waals surface area contributed by atoms with Gasteiger partial charge in [0, 0.05) is 61.5 Å². The third kappa shape index (κ3) is 7.40. The number of alkyl halides is 3. The molecule has 1 aromatic heterocycles. The molecule has 2 heterocycles. The first-order chi connectivity index (χ1) is 18.1. The molecule has 0 unspecified atom stereocenters. The Morgan fingerprint density at radius 3 is 2.42 bits per heavy atom. The molecule has 0 atom stereocenters. The van der Waals surface area contributed by atoms with Crippen molar-refractivity contribution in [1.82, 2.24) is 15.3 Å². The fourth-order valence-corrected chi connectivity index (χ4v) is 5.02. The van der Waals surface area contributed by atoms with Gasteiger partial charge < -0.3 is 15.1 Å². The number of halogens is 3. The SMILES string of the molecule is Cc1cc(N2CCN(c3cccc(C(F)(F)F)c3)CC2)nc(SCc2cccc(C(=O)NCC(C)C)c2)n1. The zero-order valence-electron chi connectivity index (χ0n) is 21.8. The lowest BCUT2D eigenvalue weighted by molar-refractivity contribution is -0.137. The van der Waals surface area contributed by atoms with Crippen molar-refractivity contribution in [3.05, 3.63) is 77.0 Å². The van der Waals surface area contributed by atoms with Crippen LogP contribution in [0.4, 0.5) is 24.7 Å². The molecule has 202 valence electrons.